The van der Waals surface area contributed by atoms with Gasteiger partial charge in [-0.15, -0.1) is 0 Å². The van der Waals surface area contributed by atoms with E-state index in [0.717, 1.165) is 51.4 Å². The average Bonchev–Trinajstić information content (AvgIpc) is 2.68. The van der Waals surface area contributed by atoms with Gasteiger partial charge in [0, 0.05) is 6.42 Å². The van der Waals surface area contributed by atoms with E-state index in [9.17, 15) is 9.59 Å². The highest BCUT2D eigenvalue weighted by atomic mass is 16.6. The number of esters is 2. The molecule has 0 aliphatic rings. The first-order valence-electron chi connectivity index (χ1n) is 11.1. The summed E-state index contributed by atoms with van der Waals surface area (Å²) in [6.45, 7) is 6.38. The fraction of sp³-hybridized carbons (Fsp3) is 0.667. The minimum Gasteiger partial charge on any atom is -0.423 e. The Morgan fingerprint density at radius 3 is 2.00 bits per heavy atom. The van der Waals surface area contributed by atoms with Gasteiger partial charge in [-0.3, -0.25) is 9.59 Å². The Hall–Kier alpha value is -1.84. The second-order valence-electron chi connectivity index (χ2n) is 7.49. The number of ether oxygens (including phenoxy) is 2. The van der Waals surface area contributed by atoms with Crippen LogP contribution in [0.1, 0.15) is 97.8 Å². The van der Waals surface area contributed by atoms with Crippen LogP contribution in [0.15, 0.2) is 24.3 Å². The van der Waals surface area contributed by atoms with Crippen LogP contribution in [-0.4, -0.2) is 11.9 Å². The SMILES string of the molecule is CCCCCCCC(CCC)C(=O)Oc1ccccc1OC(=O)CCCCC. The molecule has 1 aromatic carbocycles. The van der Waals surface area contributed by atoms with E-state index in [0.29, 0.717) is 17.9 Å². The molecule has 0 saturated carbocycles. The highest BCUT2D eigenvalue weighted by Gasteiger charge is 2.21. The van der Waals surface area contributed by atoms with Gasteiger partial charge in [0.15, 0.2) is 11.5 Å². The lowest BCUT2D eigenvalue weighted by Crippen LogP contribution is -2.21. The molecule has 0 aliphatic heterocycles. The van der Waals surface area contributed by atoms with Gasteiger partial charge in [0.05, 0.1) is 5.92 Å². The van der Waals surface area contributed by atoms with Crippen molar-refractivity contribution in [2.45, 2.75) is 97.8 Å². The molecule has 4 nitrogen and oxygen atoms in total. The van der Waals surface area contributed by atoms with Gasteiger partial charge in [-0.25, -0.2) is 0 Å². The summed E-state index contributed by atoms with van der Waals surface area (Å²) in [5.74, 6) is 0.0729. The van der Waals surface area contributed by atoms with Crippen LogP contribution >= 0.6 is 0 Å². The molecule has 0 aliphatic carbocycles. The van der Waals surface area contributed by atoms with Gasteiger partial charge < -0.3 is 9.47 Å². The molecule has 158 valence electrons. The molecule has 0 aromatic heterocycles. The van der Waals surface area contributed by atoms with E-state index in [1.807, 2.05) is 0 Å². The van der Waals surface area contributed by atoms with Crippen molar-refractivity contribution in [2.75, 3.05) is 0 Å². The second kappa shape index (κ2) is 15.1. The van der Waals surface area contributed by atoms with E-state index in [4.69, 9.17) is 9.47 Å². The molecule has 1 aromatic rings. The molecule has 4 heteroatoms. The van der Waals surface area contributed by atoms with E-state index < -0.39 is 0 Å². The first-order chi connectivity index (χ1) is 13.6. The third-order valence-electron chi connectivity index (χ3n) is 4.89. The predicted octanol–water partition coefficient (Wildman–Crippen LogP) is 6.85. The van der Waals surface area contributed by atoms with Crippen LogP contribution in [0, 0.1) is 5.92 Å². The molecule has 0 radical (unpaired) electrons. The van der Waals surface area contributed by atoms with Crippen LogP contribution in [0.5, 0.6) is 11.5 Å². The summed E-state index contributed by atoms with van der Waals surface area (Å²) in [7, 11) is 0. The zero-order valence-electron chi connectivity index (χ0n) is 18.0. The van der Waals surface area contributed by atoms with E-state index in [1.165, 1.54) is 19.3 Å². The number of benzene rings is 1. The molecule has 1 unspecified atom stereocenters. The normalized spacial score (nSPS) is 11.8. The zero-order chi connectivity index (χ0) is 20.6. The lowest BCUT2D eigenvalue weighted by atomic mass is 9.96. The van der Waals surface area contributed by atoms with Crippen LogP contribution in [0.25, 0.3) is 0 Å². The van der Waals surface area contributed by atoms with Crippen LogP contribution in [0.2, 0.25) is 0 Å². The van der Waals surface area contributed by atoms with Crippen LogP contribution < -0.4 is 9.47 Å². The number of hydrogen-bond donors (Lipinski definition) is 0. The number of para-hydroxylation sites is 2. The Kier molecular flexibility index (Phi) is 13.1. The standard InChI is InChI=1S/C24H38O4/c1-4-7-9-10-12-16-20(15-6-3)24(26)28-22-18-14-13-17-21(22)27-23(25)19-11-8-5-2/h13-14,17-18,20H,4-12,15-16,19H2,1-3H3. The number of carbonyl (C=O) groups excluding carboxylic acids is 2. The molecule has 0 bridgehead atoms. The second-order valence-corrected chi connectivity index (χ2v) is 7.49. The number of unbranched alkanes of at least 4 members (excludes halogenated alkanes) is 6. The molecule has 0 amide bonds. The molecular formula is C24H38O4. The molecule has 0 N–H and O–H groups in total. The molecular weight excluding hydrogens is 352 g/mol. The van der Waals surface area contributed by atoms with Gasteiger partial charge in [0.2, 0.25) is 0 Å². The Balaban J connectivity index is 2.63. The molecule has 0 saturated heterocycles. The first-order valence-corrected chi connectivity index (χ1v) is 11.1. The van der Waals surface area contributed by atoms with Crippen LogP contribution in [0.4, 0.5) is 0 Å². The van der Waals surface area contributed by atoms with Gasteiger partial charge in [0.25, 0.3) is 0 Å². The van der Waals surface area contributed by atoms with Crippen molar-refractivity contribution in [3.63, 3.8) is 0 Å². The molecule has 0 spiro atoms. The molecule has 28 heavy (non-hydrogen) atoms. The molecule has 0 fully saturated rings. The lowest BCUT2D eigenvalue weighted by molar-refractivity contribution is -0.140. The van der Waals surface area contributed by atoms with Crippen LogP contribution in [-0.2, 0) is 9.59 Å². The summed E-state index contributed by atoms with van der Waals surface area (Å²) in [5, 5.41) is 0. The Morgan fingerprint density at radius 2 is 1.36 bits per heavy atom. The van der Waals surface area contributed by atoms with Gasteiger partial charge in [-0.1, -0.05) is 84.3 Å². The maximum atomic E-state index is 12.7. The Bertz CT molecular complexity index is 567. The summed E-state index contributed by atoms with van der Waals surface area (Å²) < 4.78 is 11.1. The van der Waals surface area contributed by atoms with E-state index in [1.54, 1.807) is 24.3 Å². The fourth-order valence-corrected chi connectivity index (χ4v) is 3.23. The summed E-state index contributed by atoms with van der Waals surface area (Å²) in [4.78, 5) is 24.7. The molecule has 1 atom stereocenters. The number of hydrogen-bond acceptors (Lipinski definition) is 4. The predicted molar refractivity (Wildman–Crippen MR) is 114 cm³/mol. The Morgan fingerprint density at radius 1 is 0.750 bits per heavy atom. The van der Waals surface area contributed by atoms with Crippen LogP contribution in [0.3, 0.4) is 0 Å². The maximum Gasteiger partial charge on any atom is 0.314 e. The molecule has 0 heterocycles. The van der Waals surface area contributed by atoms with Gasteiger partial charge in [-0.2, -0.15) is 0 Å². The highest BCUT2D eigenvalue weighted by molar-refractivity contribution is 5.77. The summed E-state index contributed by atoms with van der Waals surface area (Å²) in [5.41, 5.74) is 0. The van der Waals surface area contributed by atoms with Crippen molar-refractivity contribution in [3.05, 3.63) is 24.3 Å². The van der Waals surface area contributed by atoms with Crippen molar-refractivity contribution in [1.82, 2.24) is 0 Å². The third kappa shape index (κ3) is 9.91. The summed E-state index contributed by atoms with van der Waals surface area (Å²) in [6.07, 6.45) is 11.8. The number of carbonyl (C=O) groups is 2. The fourth-order valence-electron chi connectivity index (χ4n) is 3.23. The zero-order valence-corrected chi connectivity index (χ0v) is 18.0. The first kappa shape index (κ1) is 24.2. The smallest absolute Gasteiger partial charge is 0.314 e. The topological polar surface area (TPSA) is 52.6 Å². The minimum absolute atomic E-state index is 0.0973. The third-order valence-corrected chi connectivity index (χ3v) is 4.89. The van der Waals surface area contributed by atoms with E-state index in [2.05, 4.69) is 20.8 Å². The van der Waals surface area contributed by atoms with Crippen molar-refractivity contribution < 1.29 is 19.1 Å². The largest absolute Gasteiger partial charge is 0.423 e. The van der Waals surface area contributed by atoms with Crippen molar-refractivity contribution in [3.8, 4) is 11.5 Å². The number of rotatable bonds is 15. The van der Waals surface area contributed by atoms with E-state index in [-0.39, 0.29) is 17.9 Å². The summed E-state index contributed by atoms with van der Waals surface area (Å²) in [6, 6.07) is 6.94. The quantitative estimate of drug-likeness (QED) is 0.187. The Labute approximate surface area is 171 Å². The van der Waals surface area contributed by atoms with Gasteiger partial charge >= 0.3 is 11.9 Å². The van der Waals surface area contributed by atoms with Crippen molar-refractivity contribution in [1.29, 1.82) is 0 Å². The summed E-state index contributed by atoms with van der Waals surface area (Å²) >= 11 is 0. The lowest BCUT2D eigenvalue weighted by Gasteiger charge is -2.16. The average molecular weight is 391 g/mol. The monoisotopic (exact) mass is 390 g/mol. The van der Waals surface area contributed by atoms with Crippen molar-refractivity contribution in [2.24, 2.45) is 5.92 Å². The molecule has 1 rings (SSSR count). The van der Waals surface area contributed by atoms with Gasteiger partial charge in [-0.05, 0) is 31.4 Å². The maximum absolute atomic E-state index is 12.7. The van der Waals surface area contributed by atoms with Crippen molar-refractivity contribution >= 4 is 11.9 Å². The minimum atomic E-state index is -0.280. The van der Waals surface area contributed by atoms with E-state index >= 15 is 0 Å². The van der Waals surface area contributed by atoms with Gasteiger partial charge in [0.1, 0.15) is 0 Å². The highest BCUT2D eigenvalue weighted by Crippen LogP contribution is 2.29.